The highest BCUT2D eigenvalue weighted by Crippen LogP contribution is 2.35. The largest absolute Gasteiger partial charge is 0.465 e. The first kappa shape index (κ1) is 21.7. The predicted octanol–water partition coefficient (Wildman–Crippen LogP) is 5.80. The molecule has 162 valence electrons. The first-order valence-electron chi connectivity index (χ1n) is 10.2. The molecule has 0 spiro atoms. The second-order valence-corrected chi connectivity index (χ2v) is 9.69. The molecule has 1 N–H and O–H groups in total. The summed E-state index contributed by atoms with van der Waals surface area (Å²) in [6, 6.07) is 5.79. The fraction of sp³-hybridized carbons (Fsp3) is 0.348. The minimum Gasteiger partial charge on any atom is -0.465 e. The zero-order valence-electron chi connectivity index (χ0n) is 17.8. The highest BCUT2D eigenvalue weighted by atomic mass is 32.1. The molecule has 0 fully saturated rings. The maximum absolute atomic E-state index is 12.5. The van der Waals surface area contributed by atoms with Crippen LogP contribution in [-0.2, 0) is 15.9 Å². The molecule has 6 nitrogen and oxygen atoms in total. The van der Waals surface area contributed by atoms with Crippen molar-refractivity contribution in [3.8, 4) is 10.4 Å². The molecule has 3 aromatic heterocycles. The van der Waals surface area contributed by atoms with Gasteiger partial charge in [0.25, 0.3) is 0 Å². The molecule has 0 radical (unpaired) electrons. The molecule has 0 saturated carbocycles. The molecule has 0 aromatic carbocycles. The lowest BCUT2D eigenvalue weighted by atomic mass is 10.0. The maximum atomic E-state index is 12.5. The van der Waals surface area contributed by atoms with E-state index in [-0.39, 0.29) is 0 Å². The van der Waals surface area contributed by atoms with Gasteiger partial charge in [-0.15, -0.1) is 22.7 Å². The van der Waals surface area contributed by atoms with E-state index in [9.17, 15) is 4.79 Å². The molecule has 8 heteroatoms. The minimum absolute atomic E-state index is 0.390. The van der Waals surface area contributed by atoms with Gasteiger partial charge in [-0.2, -0.15) is 0 Å². The van der Waals surface area contributed by atoms with E-state index < -0.39 is 5.97 Å². The van der Waals surface area contributed by atoms with Crippen LogP contribution in [0.5, 0.6) is 0 Å². The van der Waals surface area contributed by atoms with Gasteiger partial charge in [-0.05, 0) is 41.8 Å². The number of anilines is 2. The lowest BCUT2D eigenvalue weighted by Crippen LogP contribution is -2.08. The topological polar surface area (TPSA) is 73.3 Å². The van der Waals surface area contributed by atoms with Gasteiger partial charge in [0.1, 0.15) is 11.4 Å². The molecule has 3 aromatic rings. The van der Waals surface area contributed by atoms with Gasteiger partial charge in [0.15, 0.2) is 5.13 Å². The Morgan fingerprint density at radius 2 is 2.26 bits per heavy atom. The zero-order chi connectivity index (χ0) is 21.8. The number of nitrogens with zero attached hydrogens (tertiary/aromatic N) is 2. The molecule has 0 unspecified atom stereocenters. The molecule has 1 aliphatic rings. The summed E-state index contributed by atoms with van der Waals surface area (Å²) in [5, 5.41) is 5.99. The average molecular weight is 456 g/mol. The normalized spacial score (nSPS) is 13.9. The van der Waals surface area contributed by atoms with E-state index in [1.807, 2.05) is 23.6 Å². The second-order valence-electron chi connectivity index (χ2n) is 7.66. The lowest BCUT2D eigenvalue weighted by Gasteiger charge is -2.13. The third-order valence-corrected chi connectivity index (χ3v) is 6.79. The fourth-order valence-corrected chi connectivity index (χ4v) is 5.33. The molecular formula is C23H25N3O3S2. The Morgan fingerprint density at radius 3 is 2.94 bits per heavy atom. The molecule has 0 amide bonds. The molecule has 0 saturated heterocycles. The number of hydrogen-bond donors (Lipinski definition) is 1. The Morgan fingerprint density at radius 1 is 1.39 bits per heavy atom. The van der Waals surface area contributed by atoms with Gasteiger partial charge in [0, 0.05) is 21.5 Å². The van der Waals surface area contributed by atoms with Crippen LogP contribution in [0.2, 0.25) is 0 Å². The first-order chi connectivity index (χ1) is 15.0. The highest BCUT2D eigenvalue weighted by Gasteiger charge is 2.21. The SMILES string of the molecule is COC(=O)c1cc(-c2cccs2)cnc1Nc1nc(C2=CCOCC2)c(CC(C)C)s1. The van der Waals surface area contributed by atoms with Crippen LogP contribution >= 0.6 is 22.7 Å². The van der Waals surface area contributed by atoms with Gasteiger partial charge in [-0.3, -0.25) is 0 Å². The number of pyridine rings is 1. The monoisotopic (exact) mass is 455 g/mol. The summed E-state index contributed by atoms with van der Waals surface area (Å²) in [6.07, 6.45) is 5.68. The first-order valence-corrected chi connectivity index (χ1v) is 11.9. The molecule has 0 aliphatic carbocycles. The number of methoxy groups -OCH3 is 1. The maximum Gasteiger partial charge on any atom is 0.341 e. The average Bonchev–Trinajstić information content (AvgIpc) is 3.44. The van der Waals surface area contributed by atoms with Crippen molar-refractivity contribution >= 4 is 45.2 Å². The third-order valence-electron chi connectivity index (χ3n) is 4.88. The molecule has 4 rings (SSSR count). The Kier molecular flexibility index (Phi) is 6.80. The van der Waals surface area contributed by atoms with Crippen molar-refractivity contribution < 1.29 is 14.3 Å². The van der Waals surface area contributed by atoms with E-state index in [1.165, 1.54) is 17.6 Å². The van der Waals surface area contributed by atoms with E-state index in [0.717, 1.165) is 34.1 Å². The number of nitrogens with one attached hydrogen (secondary N) is 1. The van der Waals surface area contributed by atoms with Crippen molar-refractivity contribution in [1.29, 1.82) is 0 Å². The summed E-state index contributed by atoms with van der Waals surface area (Å²) < 4.78 is 10.5. The second kappa shape index (κ2) is 9.72. The number of esters is 1. The summed E-state index contributed by atoms with van der Waals surface area (Å²) in [5.74, 6) is 0.533. The van der Waals surface area contributed by atoms with Crippen LogP contribution in [0.15, 0.2) is 35.9 Å². The Balaban J connectivity index is 1.69. The van der Waals surface area contributed by atoms with Gasteiger partial charge in [0.2, 0.25) is 0 Å². The van der Waals surface area contributed by atoms with Crippen molar-refractivity contribution in [2.24, 2.45) is 5.92 Å². The van der Waals surface area contributed by atoms with Crippen molar-refractivity contribution in [1.82, 2.24) is 9.97 Å². The quantitative estimate of drug-likeness (QED) is 0.454. The smallest absolute Gasteiger partial charge is 0.341 e. The zero-order valence-corrected chi connectivity index (χ0v) is 19.4. The van der Waals surface area contributed by atoms with E-state index in [2.05, 4.69) is 30.2 Å². The number of thiazole rings is 1. The van der Waals surface area contributed by atoms with E-state index in [4.69, 9.17) is 14.5 Å². The van der Waals surface area contributed by atoms with E-state index in [1.54, 1.807) is 28.9 Å². The number of carbonyl (C=O) groups excluding carboxylic acids is 1. The van der Waals surface area contributed by atoms with Crippen LogP contribution < -0.4 is 5.32 Å². The van der Waals surface area contributed by atoms with Gasteiger partial charge in [-0.1, -0.05) is 26.0 Å². The standard InChI is InChI=1S/C23H25N3O3S2/c1-14(2)11-19-20(15-6-8-29-9-7-15)25-23(31-19)26-21-17(22(27)28-3)12-16(13-24-21)18-5-4-10-30-18/h4-6,10,12-14H,7-9,11H2,1-3H3,(H,24,25,26). The fourth-order valence-electron chi connectivity index (χ4n) is 3.42. The molecule has 31 heavy (non-hydrogen) atoms. The minimum atomic E-state index is -0.431. The number of rotatable bonds is 7. The lowest BCUT2D eigenvalue weighted by molar-refractivity contribution is 0.0601. The van der Waals surface area contributed by atoms with Crippen molar-refractivity contribution in [3.63, 3.8) is 0 Å². The Labute approximate surface area is 190 Å². The van der Waals surface area contributed by atoms with Crippen LogP contribution in [0, 0.1) is 5.92 Å². The van der Waals surface area contributed by atoms with Crippen LogP contribution in [0.4, 0.5) is 10.9 Å². The van der Waals surface area contributed by atoms with Gasteiger partial charge >= 0.3 is 5.97 Å². The van der Waals surface area contributed by atoms with Crippen LogP contribution in [0.1, 0.15) is 41.2 Å². The van der Waals surface area contributed by atoms with Crippen LogP contribution in [0.3, 0.4) is 0 Å². The summed E-state index contributed by atoms with van der Waals surface area (Å²) >= 11 is 3.21. The van der Waals surface area contributed by atoms with Crippen LogP contribution in [0.25, 0.3) is 16.0 Å². The summed E-state index contributed by atoms with van der Waals surface area (Å²) in [6.45, 7) is 5.74. The van der Waals surface area contributed by atoms with Crippen LogP contribution in [-0.4, -0.2) is 36.3 Å². The van der Waals surface area contributed by atoms with Gasteiger partial charge < -0.3 is 14.8 Å². The predicted molar refractivity (Wildman–Crippen MR) is 126 cm³/mol. The van der Waals surface area contributed by atoms with E-state index >= 15 is 0 Å². The number of hydrogen-bond acceptors (Lipinski definition) is 8. The number of thiophene rings is 1. The molecule has 0 atom stereocenters. The molecular weight excluding hydrogens is 430 g/mol. The number of carbonyl (C=O) groups is 1. The van der Waals surface area contributed by atoms with Gasteiger partial charge in [-0.25, -0.2) is 14.8 Å². The van der Waals surface area contributed by atoms with Crippen molar-refractivity contribution in [3.05, 3.63) is 52.0 Å². The van der Waals surface area contributed by atoms with Crippen molar-refractivity contribution in [2.75, 3.05) is 25.6 Å². The third kappa shape index (κ3) is 5.03. The summed E-state index contributed by atoms with van der Waals surface area (Å²) in [4.78, 5) is 24.2. The van der Waals surface area contributed by atoms with Gasteiger partial charge in [0.05, 0.1) is 26.0 Å². The summed E-state index contributed by atoms with van der Waals surface area (Å²) in [7, 11) is 1.38. The molecule has 1 aliphatic heterocycles. The molecule has 0 bridgehead atoms. The number of ether oxygens (including phenoxy) is 2. The Bertz CT molecular complexity index is 1090. The Hall–Kier alpha value is -2.55. The van der Waals surface area contributed by atoms with Crippen molar-refractivity contribution in [2.45, 2.75) is 26.7 Å². The van der Waals surface area contributed by atoms with E-state index in [0.29, 0.717) is 30.5 Å². The summed E-state index contributed by atoms with van der Waals surface area (Å²) in [5.41, 5.74) is 3.52. The highest BCUT2D eigenvalue weighted by molar-refractivity contribution is 7.15. The molecule has 4 heterocycles. The number of aromatic nitrogens is 2.